The number of benzene rings is 2. The smallest absolute Gasteiger partial charge is 0.334 e. The number of nitrogens with zero attached hydrogens (tertiary/aromatic N) is 4. The first-order valence-electron chi connectivity index (χ1n) is 13.1. The lowest BCUT2D eigenvalue weighted by molar-refractivity contribution is -0.384. The van der Waals surface area contributed by atoms with E-state index in [0.29, 0.717) is 15.4 Å². The van der Waals surface area contributed by atoms with E-state index in [9.17, 15) is 44.2 Å². The molecule has 6 atom stereocenters. The van der Waals surface area contributed by atoms with Crippen LogP contribution in [-0.2, 0) is 28.7 Å². The summed E-state index contributed by atoms with van der Waals surface area (Å²) in [6, 6.07) is 10.4. The van der Waals surface area contributed by atoms with Crippen LogP contribution in [-0.4, -0.2) is 46.1 Å². The number of hydrogen-bond donors (Lipinski definition) is 0. The minimum absolute atomic E-state index is 0.000438. The fourth-order valence-corrected chi connectivity index (χ4v) is 7.32. The number of nitro benzene ring substituents is 2. The van der Waals surface area contributed by atoms with Crippen molar-refractivity contribution in [1.29, 1.82) is 0 Å². The van der Waals surface area contributed by atoms with Crippen molar-refractivity contribution in [3.8, 4) is 0 Å². The first kappa shape index (κ1) is 26.9. The second-order valence-corrected chi connectivity index (χ2v) is 10.5. The quantitative estimate of drug-likeness (QED) is 0.215. The number of imide groups is 2. The zero-order valence-corrected chi connectivity index (χ0v) is 22.2. The average Bonchev–Trinajstić information content (AvgIpc) is 3.38. The van der Waals surface area contributed by atoms with Gasteiger partial charge >= 0.3 is 5.97 Å². The molecule has 0 aromatic heterocycles. The van der Waals surface area contributed by atoms with Gasteiger partial charge in [0.1, 0.15) is 11.4 Å². The number of allylic oxidation sites excluding steroid dienone is 1. The fourth-order valence-electron chi connectivity index (χ4n) is 7.32. The van der Waals surface area contributed by atoms with Gasteiger partial charge in [-0.15, -0.1) is 0 Å². The van der Waals surface area contributed by atoms with Crippen LogP contribution >= 0.6 is 0 Å². The second-order valence-electron chi connectivity index (χ2n) is 10.5. The Morgan fingerprint density at radius 2 is 1.10 bits per heavy atom. The number of rotatable bonds is 6. The van der Waals surface area contributed by atoms with Gasteiger partial charge in [-0.05, 0) is 26.0 Å². The second kappa shape index (κ2) is 9.39. The fraction of sp³-hybridized carbons (Fsp3) is 0.321. The van der Waals surface area contributed by atoms with Gasteiger partial charge in [-0.2, -0.15) is 0 Å². The third-order valence-corrected chi connectivity index (χ3v) is 8.74. The van der Waals surface area contributed by atoms with Gasteiger partial charge in [-0.1, -0.05) is 29.8 Å². The molecular weight excluding hydrogens is 552 g/mol. The highest BCUT2D eigenvalue weighted by molar-refractivity contribution is 6.28. The number of esters is 1. The molecule has 14 heteroatoms. The van der Waals surface area contributed by atoms with Crippen LogP contribution in [0.2, 0.25) is 0 Å². The largest absolute Gasteiger partial charge is 0.463 e. The maximum absolute atomic E-state index is 14.0. The predicted molar refractivity (Wildman–Crippen MR) is 141 cm³/mol. The van der Waals surface area contributed by atoms with Crippen LogP contribution in [0.5, 0.6) is 0 Å². The van der Waals surface area contributed by atoms with E-state index in [0.717, 1.165) is 12.1 Å². The number of anilines is 2. The lowest BCUT2D eigenvalue weighted by Gasteiger charge is -2.49. The van der Waals surface area contributed by atoms with Crippen LogP contribution in [0.15, 0.2) is 59.7 Å². The van der Waals surface area contributed by atoms with Gasteiger partial charge in [0.15, 0.2) is 0 Å². The molecule has 2 aromatic rings. The van der Waals surface area contributed by atoms with Crippen molar-refractivity contribution in [3.05, 3.63) is 79.9 Å². The van der Waals surface area contributed by atoms with Crippen molar-refractivity contribution in [2.75, 3.05) is 16.4 Å². The highest BCUT2D eigenvalue weighted by Crippen LogP contribution is 2.63. The van der Waals surface area contributed by atoms with E-state index in [4.69, 9.17) is 4.74 Å². The van der Waals surface area contributed by atoms with Gasteiger partial charge in [-0.3, -0.25) is 39.4 Å². The number of nitro groups is 2. The maximum Gasteiger partial charge on any atom is 0.334 e. The first-order valence-corrected chi connectivity index (χ1v) is 13.1. The van der Waals surface area contributed by atoms with Gasteiger partial charge in [0.2, 0.25) is 23.6 Å². The molecule has 42 heavy (non-hydrogen) atoms. The molecule has 1 saturated carbocycles. The summed E-state index contributed by atoms with van der Waals surface area (Å²) in [4.78, 5) is 92.7. The van der Waals surface area contributed by atoms with E-state index in [2.05, 4.69) is 0 Å². The number of ether oxygens (including phenoxy) is 1. The molecule has 3 aliphatic carbocycles. The highest BCUT2D eigenvalue weighted by atomic mass is 16.6. The molecule has 2 saturated heterocycles. The van der Waals surface area contributed by atoms with E-state index in [-0.39, 0.29) is 23.6 Å². The molecule has 2 heterocycles. The van der Waals surface area contributed by atoms with Crippen molar-refractivity contribution >= 4 is 52.3 Å². The van der Waals surface area contributed by atoms with Crippen LogP contribution in [0.4, 0.5) is 22.7 Å². The van der Waals surface area contributed by atoms with E-state index in [1.54, 1.807) is 6.92 Å². The molecule has 2 bridgehead atoms. The van der Waals surface area contributed by atoms with Gasteiger partial charge in [0.05, 0.1) is 40.1 Å². The Hall–Kier alpha value is -5.27. The van der Waals surface area contributed by atoms with Crippen molar-refractivity contribution in [3.63, 3.8) is 0 Å². The standard InChI is InChI=1S/C28H22N4O10/c1-3-42-28(37)18-12(2)17-20-22(26(35)29(24(20)33)13-8-4-6-10-15(13)31(38)39)19(18)23-21(17)25(34)30(27(23)36)14-9-5-7-11-16(14)32(40)41/h4-11,17,19-23H,3H2,1-2H3/t17?,19?,20-,21+,22+,23-. The Morgan fingerprint density at radius 1 is 0.714 bits per heavy atom. The van der Waals surface area contributed by atoms with Gasteiger partial charge in [0, 0.05) is 29.5 Å². The van der Waals surface area contributed by atoms with Gasteiger partial charge < -0.3 is 4.74 Å². The van der Waals surface area contributed by atoms with E-state index in [1.165, 1.54) is 43.3 Å². The molecule has 7 rings (SSSR count). The molecular formula is C28H22N4O10. The summed E-state index contributed by atoms with van der Waals surface area (Å²) in [5.41, 5.74) is -1.19. The van der Waals surface area contributed by atoms with Crippen molar-refractivity contribution in [1.82, 2.24) is 0 Å². The summed E-state index contributed by atoms with van der Waals surface area (Å²) in [7, 11) is 0. The number of carbonyl (C=O) groups excluding carboxylic acids is 5. The third-order valence-electron chi connectivity index (χ3n) is 8.74. The Labute approximate surface area is 236 Å². The molecule has 3 fully saturated rings. The summed E-state index contributed by atoms with van der Waals surface area (Å²) < 4.78 is 5.25. The summed E-state index contributed by atoms with van der Waals surface area (Å²) in [6.07, 6.45) is 0. The normalized spacial score (nSPS) is 27.9. The minimum atomic E-state index is -1.30. The molecule has 0 radical (unpaired) electrons. The lowest BCUT2D eigenvalue weighted by atomic mass is 9.49. The Morgan fingerprint density at radius 3 is 1.48 bits per heavy atom. The Bertz CT molecular complexity index is 1580. The number of amides is 4. The minimum Gasteiger partial charge on any atom is -0.463 e. The number of hydrogen-bond acceptors (Lipinski definition) is 10. The highest BCUT2D eigenvalue weighted by Gasteiger charge is 2.73. The van der Waals surface area contributed by atoms with Crippen LogP contribution in [0.1, 0.15) is 13.8 Å². The molecule has 2 aliphatic heterocycles. The molecule has 2 unspecified atom stereocenters. The summed E-state index contributed by atoms with van der Waals surface area (Å²) in [5.74, 6) is -11.5. The third kappa shape index (κ3) is 3.40. The lowest BCUT2D eigenvalue weighted by Crippen LogP contribution is -2.55. The Kier molecular flexibility index (Phi) is 6.02. The van der Waals surface area contributed by atoms with Crippen LogP contribution in [0, 0.1) is 55.7 Å². The molecule has 14 nitrogen and oxygen atoms in total. The number of para-hydroxylation sites is 4. The Balaban J connectivity index is 1.53. The molecule has 2 aromatic carbocycles. The van der Waals surface area contributed by atoms with Crippen LogP contribution < -0.4 is 9.80 Å². The van der Waals surface area contributed by atoms with Crippen LogP contribution in [0.3, 0.4) is 0 Å². The first-order chi connectivity index (χ1) is 20.0. The van der Waals surface area contributed by atoms with E-state index in [1.807, 2.05) is 0 Å². The van der Waals surface area contributed by atoms with Crippen molar-refractivity contribution < 1.29 is 38.6 Å². The summed E-state index contributed by atoms with van der Waals surface area (Å²) >= 11 is 0. The molecule has 4 amide bonds. The zero-order valence-electron chi connectivity index (χ0n) is 22.2. The maximum atomic E-state index is 14.0. The van der Waals surface area contributed by atoms with Crippen molar-refractivity contribution in [2.24, 2.45) is 35.5 Å². The summed E-state index contributed by atoms with van der Waals surface area (Å²) in [6.45, 7) is 3.08. The van der Waals surface area contributed by atoms with Gasteiger partial charge in [0.25, 0.3) is 11.4 Å². The molecule has 0 N–H and O–H groups in total. The van der Waals surface area contributed by atoms with Crippen LogP contribution in [0.25, 0.3) is 0 Å². The molecule has 0 spiro atoms. The number of carbonyl (C=O) groups is 5. The zero-order chi connectivity index (χ0) is 30.2. The van der Waals surface area contributed by atoms with Gasteiger partial charge in [-0.25, -0.2) is 14.6 Å². The summed E-state index contributed by atoms with van der Waals surface area (Å²) in [5, 5.41) is 23.5. The van der Waals surface area contributed by atoms with E-state index >= 15 is 0 Å². The SMILES string of the molecule is CCOC(=O)C1=C(C)C2[C@H]3C(=O)N(c4ccccc4[N+](=O)[O-])C(=O)[C@H]3C1[C@H]1C(=O)N(c3ccccc3[N+](=O)[O-])C(=O)[C@@H]21. The monoisotopic (exact) mass is 574 g/mol. The molecule has 5 aliphatic rings. The topological polar surface area (TPSA) is 187 Å². The molecule has 214 valence electrons. The van der Waals surface area contributed by atoms with Crippen molar-refractivity contribution in [2.45, 2.75) is 13.8 Å². The van der Waals surface area contributed by atoms with E-state index < -0.39 is 86.3 Å². The average molecular weight is 575 g/mol. The predicted octanol–water partition coefficient (Wildman–Crippen LogP) is 2.55.